The van der Waals surface area contributed by atoms with Crippen LogP contribution in [0.25, 0.3) is 0 Å². The molecule has 1 heterocycles. The molecule has 0 spiro atoms. The average Bonchev–Trinajstić information content (AvgIpc) is 2.85. The van der Waals surface area contributed by atoms with Gasteiger partial charge in [-0.15, -0.1) is 0 Å². The molecule has 1 unspecified atom stereocenters. The zero-order valence-corrected chi connectivity index (χ0v) is 15.1. The summed E-state index contributed by atoms with van der Waals surface area (Å²) in [6, 6.07) is 8.80. The molecule has 1 atom stereocenters. The van der Waals surface area contributed by atoms with Crippen LogP contribution in [-0.2, 0) is 31.2 Å². The van der Waals surface area contributed by atoms with Crippen LogP contribution in [0.3, 0.4) is 0 Å². The smallest absolute Gasteiger partial charge is 0.221 e. The standard InChI is InChI=1S/C15H22N2O5S2/c1-23(19,20)17(14-8-10-24(21,22)12-14)9-7-15(18)16-11-13-5-3-2-4-6-13/h2-6,14H,7-12H2,1H3,(H,16,18). The fraction of sp³-hybridized carbons (Fsp3) is 0.533. The summed E-state index contributed by atoms with van der Waals surface area (Å²) in [7, 11) is -6.76. The van der Waals surface area contributed by atoms with E-state index in [1.54, 1.807) is 0 Å². The van der Waals surface area contributed by atoms with Crippen LogP contribution in [0.1, 0.15) is 18.4 Å². The van der Waals surface area contributed by atoms with Crippen molar-refractivity contribution in [1.29, 1.82) is 0 Å². The zero-order chi connectivity index (χ0) is 17.8. The summed E-state index contributed by atoms with van der Waals surface area (Å²) in [5, 5.41) is 2.73. The van der Waals surface area contributed by atoms with E-state index in [-0.39, 0.29) is 36.8 Å². The molecule has 2 rings (SSSR count). The minimum absolute atomic E-state index is 0.00352. The minimum Gasteiger partial charge on any atom is -0.352 e. The van der Waals surface area contributed by atoms with Crippen LogP contribution in [0.5, 0.6) is 0 Å². The second-order valence-electron chi connectivity index (χ2n) is 5.94. The first kappa shape index (κ1) is 18.9. The normalized spacial score (nSPS) is 20.2. The number of sulfonamides is 1. The Morgan fingerprint density at radius 2 is 1.96 bits per heavy atom. The second kappa shape index (κ2) is 7.62. The number of carbonyl (C=O) groups is 1. The fourth-order valence-corrected chi connectivity index (χ4v) is 5.69. The van der Waals surface area contributed by atoms with Gasteiger partial charge in [-0.2, -0.15) is 4.31 Å². The molecule has 1 aliphatic heterocycles. The molecule has 1 aliphatic rings. The van der Waals surface area contributed by atoms with E-state index in [4.69, 9.17) is 0 Å². The van der Waals surface area contributed by atoms with Crippen molar-refractivity contribution in [3.05, 3.63) is 35.9 Å². The van der Waals surface area contributed by atoms with E-state index in [2.05, 4.69) is 5.32 Å². The molecule has 1 amide bonds. The van der Waals surface area contributed by atoms with Crippen LogP contribution in [0.15, 0.2) is 30.3 Å². The number of nitrogens with one attached hydrogen (secondary N) is 1. The van der Waals surface area contributed by atoms with Gasteiger partial charge in [-0.1, -0.05) is 30.3 Å². The van der Waals surface area contributed by atoms with Gasteiger partial charge >= 0.3 is 0 Å². The molecule has 1 aromatic carbocycles. The summed E-state index contributed by atoms with van der Waals surface area (Å²) in [4.78, 5) is 11.9. The van der Waals surface area contributed by atoms with Crippen molar-refractivity contribution in [2.75, 3.05) is 24.3 Å². The summed E-state index contributed by atoms with van der Waals surface area (Å²) in [5.74, 6) is -0.455. The molecule has 134 valence electrons. The van der Waals surface area contributed by atoms with E-state index >= 15 is 0 Å². The Bertz CT molecular complexity index is 775. The lowest BCUT2D eigenvalue weighted by Crippen LogP contribution is -2.42. The van der Waals surface area contributed by atoms with Crippen LogP contribution in [0, 0.1) is 0 Å². The molecule has 1 N–H and O–H groups in total. The third-order valence-electron chi connectivity index (χ3n) is 3.93. The Morgan fingerprint density at radius 1 is 1.29 bits per heavy atom. The van der Waals surface area contributed by atoms with Gasteiger partial charge in [-0.3, -0.25) is 4.79 Å². The first-order valence-corrected chi connectivity index (χ1v) is 11.3. The topological polar surface area (TPSA) is 101 Å². The molecule has 0 saturated carbocycles. The van der Waals surface area contributed by atoms with E-state index in [1.165, 1.54) is 0 Å². The molecule has 0 radical (unpaired) electrons. The predicted octanol–water partition coefficient (Wildman–Crippen LogP) is 0.142. The molecule has 0 aromatic heterocycles. The number of nitrogens with zero attached hydrogens (tertiary/aromatic N) is 1. The maximum Gasteiger partial charge on any atom is 0.221 e. The molecule has 1 aromatic rings. The highest BCUT2D eigenvalue weighted by Gasteiger charge is 2.36. The first-order chi connectivity index (χ1) is 11.2. The second-order valence-corrected chi connectivity index (χ2v) is 10.1. The fourth-order valence-electron chi connectivity index (χ4n) is 2.72. The molecular weight excluding hydrogens is 352 g/mol. The van der Waals surface area contributed by atoms with Gasteiger partial charge in [0.05, 0.1) is 17.8 Å². The minimum atomic E-state index is -3.57. The SMILES string of the molecule is CS(=O)(=O)N(CCC(=O)NCc1ccccc1)C1CCS(=O)(=O)C1. The van der Waals surface area contributed by atoms with Gasteiger partial charge in [-0.05, 0) is 12.0 Å². The van der Waals surface area contributed by atoms with Gasteiger partial charge in [0.25, 0.3) is 0 Å². The third-order valence-corrected chi connectivity index (χ3v) is 7.02. The molecule has 1 saturated heterocycles. The Hall–Kier alpha value is -1.45. The zero-order valence-electron chi connectivity index (χ0n) is 13.5. The van der Waals surface area contributed by atoms with Crippen LogP contribution >= 0.6 is 0 Å². The Labute approximate surface area is 143 Å². The molecule has 24 heavy (non-hydrogen) atoms. The lowest BCUT2D eigenvalue weighted by molar-refractivity contribution is -0.121. The number of hydrogen-bond donors (Lipinski definition) is 1. The van der Waals surface area contributed by atoms with Gasteiger partial charge in [0.2, 0.25) is 15.9 Å². The van der Waals surface area contributed by atoms with Crippen LogP contribution in [-0.4, -0.2) is 57.4 Å². The maximum atomic E-state index is 11.9. The Kier molecular flexibility index (Phi) is 6.00. The van der Waals surface area contributed by atoms with Crippen molar-refractivity contribution in [3.63, 3.8) is 0 Å². The molecule has 1 fully saturated rings. The molecule has 0 bridgehead atoms. The van der Waals surface area contributed by atoms with Gasteiger partial charge in [0.15, 0.2) is 9.84 Å². The maximum absolute atomic E-state index is 11.9. The van der Waals surface area contributed by atoms with E-state index in [0.717, 1.165) is 16.1 Å². The summed E-state index contributed by atoms with van der Waals surface area (Å²) in [6.07, 6.45) is 1.32. The molecular formula is C15H22N2O5S2. The number of carbonyl (C=O) groups excluding carboxylic acids is 1. The van der Waals surface area contributed by atoms with Gasteiger partial charge < -0.3 is 5.32 Å². The van der Waals surface area contributed by atoms with Crippen molar-refractivity contribution >= 4 is 25.8 Å². The number of hydrogen-bond acceptors (Lipinski definition) is 5. The first-order valence-electron chi connectivity index (χ1n) is 7.65. The molecule has 7 nitrogen and oxygen atoms in total. The molecule has 0 aliphatic carbocycles. The predicted molar refractivity (Wildman–Crippen MR) is 91.5 cm³/mol. The summed E-state index contributed by atoms with van der Waals surface area (Å²) >= 11 is 0. The highest BCUT2D eigenvalue weighted by molar-refractivity contribution is 7.92. The number of benzene rings is 1. The van der Waals surface area contributed by atoms with Gasteiger partial charge in [0, 0.05) is 25.6 Å². The quantitative estimate of drug-likeness (QED) is 0.732. The summed E-state index contributed by atoms with van der Waals surface area (Å²) in [6.45, 7) is 0.357. The van der Waals surface area contributed by atoms with Crippen molar-refractivity contribution in [3.8, 4) is 0 Å². The summed E-state index contributed by atoms with van der Waals surface area (Å²) in [5.41, 5.74) is 0.952. The average molecular weight is 374 g/mol. The lowest BCUT2D eigenvalue weighted by Gasteiger charge is -2.25. The lowest BCUT2D eigenvalue weighted by atomic mass is 10.2. The monoisotopic (exact) mass is 374 g/mol. The Balaban J connectivity index is 1.90. The van der Waals surface area contributed by atoms with Crippen molar-refractivity contribution < 1.29 is 21.6 Å². The number of amides is 1. The van der Waals surface area contributed by atoms with Crippen LogP contribution in [0.2, 0.25) is 0 Å². The van der Waals surface area contributed by atoms with E-state index in [1.807, 2.05) is 30.3 Å². The third kappa shape index (κ3) is 5.57. The largest absolute Gasteiger partial charge is 0.352 e. The highest BCUT2D eigenvalue weighted by Crippen LogP contribution is 2.20. The highest BCUT2D eigenvalue weighted by atomic mass is 32.2. The van der Waals surface area contributed by atoms with Gasteiger partial charge in [-0.25, -0.2) is 16.8 Å². The van der Waals surface area contributed by atoms with Crippen molar-refractivity contribution in [2.45, 2.75) is 25.4 Å². The number of sulfone groups is 1. The van der Waals surface area contributed by atoms with E-state index in [0.29, 0.717) is 6.54 Å². The van der Waals surface area contributed by atoms with Crippen LogP contribution < -0.4 is 5.32 Å². The number of rotatable bonds is 7. The van der Waals surface area contributed by atoms with Crippen LogP contribution in [0.4, 0.5) is 0 Å². The Morgan fingerprint density at radius 3 is 2.50 bits per heavy atom. The van der Waals surface area contributed by atoms with E-state index in [9.17, 15) is 21.6 Å². The van der Waals surface area contributed by atoms with E-state index < -0.39 is 25.9 Å². The summed E-state index contributed by atoms with van der Waals surface area (Å²) < 4.78 is 48.1. The molecule has 9 heteroatoms. The van der Waals surface area contributed by atoms with Gasteiger partial charge in [0.1, 0.15) is 0 Å². The van der Waals surface area contributed by atoms with Crippen molar-refractivity contribution in [2.24, 2.45) is 0 Å². The van der Waals surface area contributed by atoms with Crippen molar-refractivity contribution in [1.82, 2.24) is 9.62 Å².